The number of hydrogen-bond acceptors (Lipinski definition) is 2. The summed E-state index contributed by atoms with van der Waals surface area (Å²) in [6.45, 7) is 3.03. The molecule has 0 saturated carbocycles. The van der Waals surface area contributed by atoms with Crippen molar-refractivity contribution in [3.8, 4) is 0 Å². The number of carboxylic acids is 1. The molecule has 1 aromatic carbocycles. The van der Waals surface area contributed by atoms with Crippen LogP contribution in [0.5, 0.6) is 0 Å². The van der Waals surface area contributed by atoms with Gasteiger partial charge in [0.15, 0.2) is 0 Å². The number of nitrogens with zero attached hydrogens (tertiary/aromatic N) is 1. The van der Waals surface area contributed by atoms with E-state index in [1.165, 1.54) is 25.8 Å². The number of carboxylic acid groups (broad SMARTS) is 1. The first-order chi connectivity index (χ1) is 8.59. The lowest BCUT2D eigenvalue weighted by Gasteiger charge is -2.32. The molecule has 0 aromatic heterocycles. The molecule has 1 rings (SSSR count). The highest BCUT2D eigenvalue weighted by Crippen LogP contribution is 2.25. The van der Waals surface area contributed by atoms with E-state index in [9.17, 15) is 14.7 Å². The van der Waals surface area contributed by atoms with Gasteiger partial charge in [-0.15, -0.1) is 0 Å². The molecule has 1 amide bonds. The molecule has 0 aliphatic carbocycles. The van der Waals surface area contributed by atoms with Crippen molar-refractivity contribution in [3.05, 3.63) is 28.4 Å². The maximum absolute atomic E-state index is 12.5. The van der Waals surface area contributed by atoms with Crippen LogP contribution in [0, 0.1) is 10.7 Å². The first-order valence-electron chi connectivity index (χ1n) is 5.25. The summed E-state index contributed by atoms with van der Waals surface area (Å²) < 4.78 is 2.78. The van der Waals surface area contributed by atoms with E-state index in [4.69, 9.17) is 0 Å². The molecule has 0 aliphatic rings. The normalized spacial score (nSPS) is 11.3. The SMILES string of the molecule is CN(C(=O)c1cc(I)cc(I)c1I)C(C)(C)C(=O)O. The summed E-state index contributed by atoms with van der Waals surface area (Å²) in [4.78, 5) is 25.0. The lowest BCUT2D eigenvalue weighted by molar-refractivity contribution is -0.147. The van der Waals surface area contributed by atoms with Crippen LogP contribution in [0.2, 0.25) is 0 Å². The van der Waals surface area contributed by atoms with Crippen molar-refractivity contribution >= 4 is 79.6 Å². The van der Waals surface area contributed by atoms with Gasteiger partial charge >= 0.3 is 5.97 Å². The third-order valence-corrected chi connectivity index (χ3v) is 6.56. The van der Waals surface area contributed by atoms with Crippen molar-refractivity contribution in [2.75, 3.05) is 7.05 Å². The van der Waals surface area contributed by atoms with Crippen LogP contribution in [0.3, 0.4) is 0 Å². The quantitative estimate of drug-likeness (QED) is 0.429. The topological polar surface area (TPSA) is 57.6 Å². The lowest BCUT2D eigenvalue weighted by atomic mass is 10.0. The molecule has 19 heavy (non-hydrogen) atoms. The second-order valence-corrected chi connectivity index (χ2v) is 7.96. The Balaban J connectivity index is 3.25. The number of carbonyl (C=O) groups is 2. The van der Waals surface area contributed by atoms with E-state index in [1.807, 2.05) is 6.07 Å². The van der Waals surface area contributed by atoms with Crippen molar-refractivity contribution in [2.45, 2.75) is 19.4 Å². The molecule has 1 N–H and O–H groups in total. The highest BCUT2D eigenvalue weighted by molar-refractivity contribution is 14.1. The van der Waals surface area contributed by atoms with Crippen LogP contribution in [-0.2, 0) is 4.79 Å². The molecule has 0 heterocycles. The Morgan fingerprint density at radius 2 is 1.74 bits per heavy atom. The third-order valence-electron chi connectivity index (χ3n) is 2.89. The second kappa shape index (κ2) is 6.41. The van der Waals surface area contributed by atoms with E-state index in [1.54, 1.807) is 6.07 Å². The molecule has 0 saturated heterocycles. The molecular weight excluding hydrogens is 587 g/mol. The number of likely N-dealkylation sites (N-methyl/N-ethyl adjacent to an activating group) is 1. The molecule has 7 heteroatoms. The minimum absolute atomic E-state index is 0.284. The average Bonchev–Trinajstić information content (AvgIpc) is 2.31. The van der Waals surface area contributed by atoms with E-state index in [0.29, 0.717) is 5.56 Å². The molecule has 0 fully saturated rings. The Bertz CT molecular complexity index is 543. The Morgan fingerprint density at radius 3 is 2.21 bits per heavy atom. The van der Waals surface area contributed by atoms with Crippen LogP contribution in [0.15, 0.2) is 12.1 Å². The van der Waals surface area contributed by atoms with E-state index in [-0.39, 0.29) is 5.91 Å². The molecule has 0 bridgehead atoms. The van der Waals surface area contributed by atoms with E-state index < -0.39 is 11.5 Å². The average molecular weight is 599 g/mol. The fourth-order valence-corrected chi connectivity index (χ4v) is 3.68. The monoisotopic (exact) mass is 599 g/mol. The standard InChI is InChI=1S/C12H12I3NO3/c1-12(2,11(18)19)16(3)10(17)7-4-6(13)5-8(14)9(7)15/h4-5H,1-3H3,(H,18,19). The number of rotatable bonds is 3. The van der Waals surface area contributed by atoms with Crippen molar-refractivity contribution in [3.63, 3.8) is 0 Å². The minimum atomic E-state index is -1.24. The van der Waals surface area contributed by atoms with Gasteiger partial charge in [0.25, 0.3) is 5.91 Å². The molecule has 0 atom stereocenters. The Hall–Kier alpha value is 0.350. The summed E-state index contributed by atoms with van der Waals surface area (Å²) in [5, 5.41) is 9.19. The van der Waals surface area contributed by atoms with Gasteiger partial charge in [-0.2, -0.15) is 0 Å². The van der Waals surface area contributed by atoms with Crippen LogP contribution >= 0.6 is 67.8 Å². The van der Waals surface area contributed by atoms with Crippen LogP contribution in [-0.4, -0.2) is 34.5 Å². The van der Waals surface area contributed by atoms with Crippen LogP contribution in [0.1, 0.15) is 24.2 Å². The van der Waals surface area contributed by atoms with Crippen molar-refractivity contribution in [1.29, 1.82) is 0 Å². The molecule has 104 valence electrons. The zero-order valence-corrected chi connectivity index (χ0v) is 17.0. The first-order valence-corrected chi connectivity index (χ1v) is 8.48. The predicted octanol–water partition coefficient (Wildman–Crippen LogP) is 3.44. The van der Waals surface area contributed by atoms with Gasteiger partial charge in [-0.05, 0) is 93.8 Å². The lowest BCUT2D eigenvalue weighted by Crippen LogP contribution is -2.51. The molecule has 0 radical (unpaired) electrons. The number of carbonyl (C=O) groups excluding carboxylic acids is 1. The van der Waals surface area contributed by atoms with Crippen molar-refractivity contribution < 1.29 is 14.7 Å². The van der Waals surface area contributed by atoms with Gasteiger partial charge in [-0.1, -0.05) is 0 Å². The maximum atomic E-state index is 12.5. The maximum Gasteiger partial charge on any atom is 0.329 e. The largest absolute Gasteiger partial charge is 0.480 e. The van der Waals surface area contributed by atoms with Gasteiger partial charge in [0.05, 0.1) is 5.56 Å². The van der Waals surface area contributed by atoms with Crippen LogP contribution in [0.4, 0.5) is 0 Å². The fourth-order valence-electron chi connectivity index (χ4n) is 1.29. The molecule has 0 aliphatic heterocycles. The predicted molar refractivity (Wildman–Crippen MR) is 98.4 cm³/mol. The summed E-state index contributed by atoms with van der Waals surface area (Å²) in [5.74, 6) is -1.31. The summed E-state index contributed by atoms with van der Waals surface area (Å²) in [5.41, 5.74) is -0.707. The van der Waals surface area contributed by atoms with Gasteiger partial charge in [0.1, 0.15) is 5.54 Å². The number of benzene rings is 1. The number of hydrogen-bond donors (Lipinski definition) is 1. The number of amides is 1. The van der Waals surface area contributed by atoms with Crippen LogP contribution < -0.4 is 0 Å². The van der Waals surface area contributed by atoms with E-state index >= 15 is 0 Å². The number of aliphatic carboxylic acids is 1. The second-order valence-electron chi connectivity index (χ2n) is 4.48. The molecule has 0 unspecified atom stereocenters. The zero-order chi connectivity index (χ0) is 15.0. The highest BCUT2D eigenvalue weighted by atomic mass is 127. The van der Waals surface area contributed by atoms with Gasteiger partial charge in [-0.25, -0.2) is 4.79 Å². The van der Waals surface area contributed by atoms with Crippen molar-refractivity contribution in [1.82, 2.24) is 4.90 Å². The zero-order valence-electron chi connectivity index (χ0n) is 10.5. The third kappa shape index (κ3) is 3.71. The Labute approximate surface area is 152 Å². The van der Waals surface area contributed by atoms with Gasteiger partial charge < -0.3 is 10.0 Å². The minimum Gasteiger partial charge on any atom is -0.480 e. The van der Waals surface area contributed by atoms with Crippen molar-refractivity contribution in [2.24, 2.45) is 0 Å². The summed E-state index contributed by atoms with van der Waals surface area (Å²) >= 11 is 6.42. The molecule has 1 aromatic rings. The summed E-state index contributed by atoms with van der Waals surface area (Å²) in [6.07, 6.45) is 0. The fraction of sp³-hybridized carbons (Fsp3) is 0.333. The molecule has 0 spiro atoms. The first kappa shape index (κ1) is 17.4. The van der Waals surface area contributed by atoms with E-state index in [2.05, 4.69) is 67.8 Å². The van der Waals surface area contributed by atoms with Gasteiger partial charge in [0.2, 0.25) is 0 Å². The number of halogens is 3. The highest BCUT2D eigenvalue weighted by Gasteiger charge is 2.36. The molecule has 4 nitrogen and oxygen atoms in total. The summed E-state index contributed by atoms with van der Waals surface area (Å²) in [7, 11) is 1.51. The van der Waals surface area contributed by atoms with Gasteiger partial charge in [0, 0.05) is 17.8 Å². The Morgan fingerprint density at radius 1 is 1.21 bits per heavy atom. The Kier molecular flexibility index (Phi) is 5.87. The smallest absolute Gasteiger partial charge is 0.329 e. The van der Waals surface area contributed by atoms with Crippen LogP contribution in [0.25, 0.3) is 0 Å². The summed E-state index contributed by atoms with van der Waals surface area (Å²) in [6, 6.07) is 3.75. The van der Waals surface area contributed by atoms with E-state index in [0.717, 1.165) is 10.7 Å². The molecular formula is C12H12I3NO3. The van der Waals surface area contributed by atoms with Gasteiger partial charge in [-0.3, -0.25) is 4.79 Å².